The van der Waals surface area contributed by atoms with Gasteiger partial charge in [0.25, 0.3) is 0 Å². The molecule has 2 rings (SSSR count). The van der Waals surface area contributed by atoms with Crippen LogP contribution in [0.1, 0.15) is 22.9 Å². The lowest BCUT2D eigenvalue weighted by atomic mass is 10.1. The molecular formula is C17H23N3S. The first-order valence-corrected chi connectivity index (χ1v) is 8.26. The minimum atomic E-state index is 0.740. The molecule has 112 valence electrons. The average molecular weight is 301 g/mol. The van der Waals surface area contributed by atoms with E-state index in [1.54, 1.807) is 11.3 Å². The zero-order valence-electron chi connectivity index (χ0n) is 12.7. The van der Waals surface area contributed by atoms with Crippen molar-refractivity contribution in [1.82, 2.24) is 10.6 Å². The van der Waals surface area contributed by atoms with Gasteiger partial charge in [0.2, 0.25) is 0 Å². The molecule has 3 nitrogen and oxygen atoms in total. The van der Waals surface area contributed by atoms with Gasteiger partial charge in [-0.1, -0.05) is 30.3 Å². The summed E-state index contributed by atoms with van der Waals surface area (Å²) >= 11 is 1.77. The van der Waals surface area contributed by atoms with Gasteiger partial charge in [-0.25, -0.2) is 4.99 Å². The molecule has 0 bridgehead atoms. The van der Waals surface area contributed by atoms with Crippen molar-refractivity contribution in [3.63, 3.8) is 0 Å². The second kappa shape index (κ2) is 8.47. The van der Waals surface area contributed by atoms with Crippen LogP contribution < -0.4 is 10.6 Å². The number of rotatable bonds is 6. The van der Waals surface area contributed by atoms with E-state index in [-0.39, 0.29) is 0 Å². The van der Waals surface area contributed by atoms with Crippen molar-refractivity contribution in [3.05, 3.63) is 57.8 Å². The Morgan fingerprint density at radius 1 is 1.14 bits per heavy atom. The van der Waals surface area contributed by atoms with Crippen molar-refractivity contribution in [2.75, 3.05) is 13.1 Å². The van der Waals surface area contributed by atoms with E-state index in [2.05, 4.69) is 65.2 Å². The number of benzene rings is 1. The largest absolute Gasteiger partial charge is 0.357 e. The Hall–Kier alpha value is -1.81. The van der Waals surface area contributed by atoms with Crippen molar-refractivity contribution in [1.29, 1.82) is 0 Å². The second-order valence-electron chi connectivity index (χ2n) is 4.88. The lowest BCUT2D eigenvalue weighted by molar-refractivity contribution is 0.800. The van der Waals surface area contributed by atoms with Gasteiger partial charge >= 0.3 is 0 Å². The highest BCUT2D eigenvalue weighted by atomic mass is 32.1. The zero-order chi connectivity index (χ0) is 14.9. The second-order valence-corrected chi connectivity index (χ2v) is 5.88. The molecule has 0 aliphatic rings. The van der Waals surface area contributed by atoms with Gasteiger partial charge in [-0.15, -0.1) is 11.3 Å². The third-order valence-corrected chi connectivity index (χ3v) is 4.25. The third-order valence-electron chi connectivity index (χ3n) is 3.24. The fraction of sp³-hybridized carbons (Fsp3) is 0.353. The number of guanidine groups is 1. The highest BCUT2D eigenvalue weighted by molar-refractivity contribution is 7.10. The van der Waals surface area contributed by atoms with Crippen LogP contribution in [0.2, 0.25) is 0 Å². The van der Waals surface area contributed by atoms with Crippen LogP contribution in [-0.4, -0.2) is 19.0 Å². The summed E-state index contributed by atoms with van der Waals surface area (Å²) in [6, 6.07) is 12.7. The fourth-order valence-electron chi connectivity index (χ4n) is 2.03. The summed E-state index contributed by atoms with van der Waals surface area (Å²) in [5, 5.41) is 8.81. The quantitative estimate of drug-likeness (QED) is 0.634. The standard InChI is InChI=1S/C17H23N3S/c1-3-18-17(20-13-16-14(2)10-12-21-16)19-11-9-15-7-5-4-6-8-15/h4-8,10,12H,3,9,11,13H2,1-2H3,(H2,18,19,20). The van der Waals surface area contributed by atoms with E-state index < -0.39 is 0 Å². The Balaban J connectivity index is 1.85. The molecule has 2 aromatic rings. The van der Waals surface area contributed by atoms with Gasteiger partial charge in [-0.2, -0.15) is 0 Å². The molecule has 0 aliphatic carbocycles. The number of hydrogen-bond acceptors (Lipinski definition) is 2. The lowest BCUT2D eigenvalue weighted by Gasteiger charge is -2.11. The van der Waals surface area contributed by atoms with Gasteiger partial charge in [0.05, 0.1) is 6.54 Å². The van der Waals surface area contributed by atoms with E-state index in [1.165, 1.54) is 16.0 Å². The number of thiophene rings is 1. The molecule has 0 saturated carbocycles. The van der Waals surface area contributed by atoms with Crippen LogP contribution in [0.3, 0.4) is 0 Å². The molecule has 0 atom stereocenters. The van der Waals surface area contributed by atoms with Crippen LogP contribution in [-0.2, 0) is 13.0 Å². The van der Waals surface area contributed by atoms with Crippen LogP contribution >= 0.6 is 11.3 Å². The number of aryl methyl sites for hydroxylation is 1. The summed E-state index contributed by atoms with van der Waals surface area (Å²) in [6.45, 7) is 6.73. The molecule has 0 amide bonds. The molecule has 0 unspecified atom stereocenters. The molecule has 4 heteroatoms. The van der Waals surface area contributed by atoms with Crippen LogP contribution in [0.15, 0.2) is 46.8 Å². The highest BCUT2D eigenvalue weighted by Crippen LogP contribution is 2.16. The average Bonchev–Trinajstić information content (AvgIpc) is 2.91. The predicted molar refractivity (Wildman–Crippen MR) is 92.0 cm³/mol. The fourth-order valence-corrected chi connectivity index (χ4v) is 2.86. The van der Waals surface area contributed by atoms with Crippen LogP contribution in [0, 0.1) is 6.92 Å². The van der Waals surface area contributed by atoms with Gasteiger partial charge < -0.3 is 10.6 Å². The topological polar surface area (TPSA) is 36.4 Å². The Kier molecular flexibility index (Phi) is 6.28. The van der Waals surface area contributed by atoms with Crippen molar-refractivity contribution < 1.29 is 0 Å². The molecule has 21 heavy (non-hydrogen) atoms. The normalized spacial score (nSPS) is 11.4. The molecule has 1 aromatic carbocycles. The van der Waals surface area contributed by atoms with E-state index >= 15 is 0 Å². The van der Waals surface area contributed by atoms with Gasteiger partial charge in [-0.05, 0) is 42.8 Å². The first-order valence-electron chi connectivity index (χ1n) is 7.38. The summed E-state index contributed by atoms with van der Waals surface area (Å²) in [5.41, 5.74) is 2.67. The van der Waals surface area contributed by atoms with Gasteiger partial charge in [0.15, 0.2) is 5.96 Å². The molecule has 2 N–H and O–H groups in total. The predicted octanol–water partition coefficient (Wildman–Crippen LogP) is 3.35. The molecule has 0 radical (unpaired) electrons. The van der Waals surface area contributed by atoms with E-state index in [4.69, 9.17) is 0 Å². The molecule has 0 saturated heterocycles. The van der Waals surface area contributed by atoms with Crippen LogP contribution in [0.5, 0.6) is 0 Å². The third kappa shape index (κ3) is 5.23. The summed E-state index contributed by atoms with van der Waals surface area (Å²) in [4.78, 5) is 5.98. The summed E-state index contributed by atoms with van der Waals surface area (Å²) in [5.74, 6) is 0.890. The highest BCUT2D eigenvalue weighted by Gasteiger charge is 2.01. The first kappa shape index (κ1) is 15.6. The molecular weight excluding hydrogens is 278 g/mol. The van der Waals surface area contributed by atoms with E-state index in [0.29, 0.717) is 0 Å². The Morgan fingerprint density at radius 2 is 1.95 bits per heavy atom. The Bertz CT molecular complexity index is 560. The Labute approximate surface area is 131 Å². The maximum Gasteiger partial charge on any atom is 0.191 e. The van der Waals surface area contributed by atoms with Crippen molar-refractivity contribution in [2.24, 2.45) is 4.99 Å². The molecule has 1 heterocycles. The summed E-state index contributed by atoms with van der Waals surface area (Å²) < 4.78 is 0. The lowest BCUT2D eigenvalue weighted by Crippen LogP contribution is -2.38. The van der Waals surface area contributed by atoms with Gasteiger partial charge in [0.1, 0.15) is 0 Å². The van der Waals surface area contributed by atoms with Crippen molar-refractivity contribution >= 4 is 17.3 Å². The number of hydrogen-bond donors (Lipinski definition) is 2. The van der Waals surface area contributed by atoms with Gasteiger partial charge in [-0.3, -0.25) is 0 Å². The Morgan fingerprint density at radius 3 is 2.62 bits per heavy atom. The molecule has 0 fully saturated rings. The first-order chi connectivity index (χ1) is 10.3. The number of nitrogens with zero attached hydrogens (tertiary/aromatic N) is 1. The maximum absolute atomic E-state index is 4.65. The molecule has 0 spiro atoms. The number of aliphatic imine (C=N–C) groups is 1. The van der Waals surface area contributed by atoms with E-state index in [0.717, 1.165) is 32.0 Å². The van der Waals surface area contributed by atoms with Crippen molar-refractivity contribution in [3.8, 4) is 0 Å². The maximum atomic E-state index is 4.65. The zero-order valence-corrected chi connectivity index (χ0v) is 13.5. The SMILES string of the molecule is CCNC(=NCc1sccc1C)NCCc1ccccc1. The monoisotopic (exact) mass is 301 g/mol. The van der Waals surface area contributed by atoms with Crippen LogP contribution in [0.25, 0.3) is 0 Å². The summed E-state index contributed by atoms with van der Waals surface area (Å²) in [6.07, 6.45) is 1.00. The minimum absolute atomic E-state index is 0.740. The van der Waals surface area contributed by atoms with E-state index in [1.807, 2.05) is 6.07 Å². The number of nitrogens with one attached hydrogen (secondary N) is 2. The molecule has 0 aliphatic heterocycles. The van der Waals surface area contributed by atoms with Crippen molar-refractivity contribution in [2.45, 2.75) is 26.8 Å². The molecule has 1 aromatic heterocycles. The smallest absolute Gasteiger partial charge is 0.191 e. The summed E-state index contributed by atoms with van der Waals surface area (Å²) in [7, 11) is 0. The minimum Gasteiger partial charge on any atom is -0.357 e. The van der Waals surface area contributed by atoms with E-state index in [9.17, 15) is 0 Å². The van der Waals surface area contributed by atoms with Gasteiger partial charge in [0, 0.05) is 18.0 Å². The van der Waals surface area contributed by atoms with Crippen LogP contribution in [0.4, 0.5) is 0 Å².